The van der Waals surface area contributed by atoms with Gasteiger partial charge in [0, 0.05) is 12.0 Å². The molecule has 4 unspecified atom stereocenters. The number of hydrogen-bond donors (Lipinski definition) is 3. The summed E-state index contributed by atoms with van der Waals surface area (Å²) in [6, 6.07) is 9.73. The molecule has 1 aromatic rings. The maximum Gasteiger partial charge on any atom is 0.0517 e. The van der Waals surface area contributed by atoms with Gasteiger partial charge in [0.05, 0.1) is 6.04 Å². The van der Waals surface area contributed by atoms with Crippen molar-refractivity contribution in [2.24, 2.45) is 11.7 Å². The Labute approximate surface area is 110 Å². The molecule has 2 rings (SSSR count). The summed E-state index contributed by atoms with van der Waals surface area (Å²) in [6.45, 7) is 7.39. The fraction of sp³-hybridized carbons (Fsp3) is 0.600. The normalized spacial score (nSPS) is 29.4. The lowest BCUT2D eigenvalue weighted by molar-refractivity contribution is 0.444. The van der Waals surface area contributed by atoms with Crippen LogP contribution in [-0.2, 0) is 0 Å². The van der Waals surface area contributed by atoms with Gasteiger partial charge < -0.3 is 5.73 Å². The van der Waals surface area contributed by atoms with E-state index in [4.69, 9.17) is 5.73 Å². The average molecular weight is 247 g/mol. The van der Waals surface area contributed by atoms with Crippen LogP contribution in [-0.4, -0.2) is 12.6 Å². The maximum absolute atomic E-state index is 5.87. The fourth-order valence-electron chi connectivity index (χ4n) is 2.66. The largest absolute Gasteiger partial charge is 0.330 e. The molecule has 0 amide bonds. The first kappa shape index (κ1) is 13.5. The van der Waals surface area contributed by atoms with Gasteiger partial charge in [-0.1, -0.05) is 38.1 Å². The summed E-state index contributed by atoms with van der Waals surface area (Å²) in [6.07, 6.45) is 1.19. The first-order valence-electron chi connectivity index (χ1n) is 6.98. The number of nitrogens with one attached hydrogen (secondary N) is 2. The Bertz CT molecular complexity index is 374. The molecule has 3 nitrogen and oxygen atoms in total. The third kappa shape index (κ3) is 2.58. The van der Waals surface area contributed by atoms with Crippen molar-refractivity contribution in [1.29, 1.82) is 0 Å². The third-order valence-corrected chi connectivity index (χ3v) is 4.29. The van der Waals surface area contributed by atoms with Crippen LogP contribution in [0.3, 0.4) is 0 Å². The van der Waals surface area contributed by atoms with E-state index in [0.29, 0.717) is 30.5 Å². The fourth-order valence-corrected chi connectivity index (χ4v) is 2.66. The van der Waals surface area contributed by atoms with Crippen molar-refractivity contribution in [2.45, 2.75) is 45.2 Å². The van der Waals surface area contributed by atoms with Crippen molar-refractivity contribution in [3.05, 3.63) is 35.4 Å². The van der Waals surface area contributed by atoms with Gasteiger partial charge in [-0.25, -0.2) is 5.43 Å². The quantitative estimate of drug-likeness (QED) is 0.765. The highest BCUT2D eigenvalue weighted by Gasteiger charge is 2.32. The van der Waals surface area contributed by atoms with Gasteiger partial charge in [0.1, 0.15) is 0 Å². The zero-order chi connectivity index (χ0) is 13.1. The van der Waals surface area contributed by atoms with Crippen LogP contribution in [0.5, 0.6) is 0 Å². The molecule has 4 atom stereocenters. The smallest absolute Gasteiger partial charge is 0.0517 e. The Morgan fingerprint density at radius 3 is 2.44 bits per heavy atom. The van der Waals surface area contributed by atoms with Crippen molar-refractivity contribution >= 4 is 0 Å². The van der Waals surface area contributed by atoms with Gasteiger partial charge in [0.2, 0.25) is 0 Å². The molecule has 4 N–H and O–H groups in total. The van der Waals surface area contributed by atoms with E-state index in [-0.39, 0.29) is 0 Å². The molecule has 0 aromatic heterocycles. The van der Waals surface area contributed by atoms with E-state index in [1.807, 2.05) is 0 Å². The van der Waals surface area contributed by atoms with Crippen LogP contribution in [0.2, 0.25) is 0 Å². The summed E-state index contributed by atoms with van der Waals surface area (Å²) in [7, 11) is 0. The monoisotopic (exact) mass is 247 g/mol. The molecule has 0 bridgehead atoms. The Morgan fingerprint density at radius 2 is 1.89 bits per heavy atom. The molecule has 0 radical (unpaired) electrons. The van der Waals surface area contributed by atoms with Crippen molar-refractivity contribution in [3.8, 4) is 0 Å². The first-order chi connectivity index (χ1) is 8.67. The number of benzene rings is 1. The number of hydrogen-bond acceptors (Lipinski definition) is 3. The Morgan fingerprint density at radius 1 is 1.22 bits per heavy atom. The van der Waals surface area contributed by atoms with Crippen LogP contribution in [0.1, 0.15) is 50.3 Å². The van der Waals surface area contributed by atoms with Crippen LogP contribution in [0, 0.1) is 5.92 Å². The van der Waals surface area contributed by atoms with E-state index in [0.717, 1.165) is 0 Å². The highest BCUT2D eigenvalue weighted by atomic mass is 15.4. The van der Waals surface area contributed by atoms with Gasteiger partial charge in [0.25, 0.3) is 0 Å². The summed E-state index contributed by atoms with van der Waals surface area (Å²) in [4.78, 5) is 0. The topological polar surface area (TPSA) is 50.1 Å². The molecule has 0 aliphatic carbocycles. The summed E-state index contributed by atoms with van der Waals surface area (Å²) in [5.41, 5.74) is 15.3. The zero-order valence-corrected chi connectivity index (χ0v) is 11.6. The maximum atomic E-state index is 5.87. The van der Waals surface area contributed by atoms with Crippen molar-refractivity contribution in [1.82, 2.24) is 10.9 Å². The molecule has 1 saturated heterocycles. The molecule has 18 heavy (non-hydrogen) atoms. The van der Waals surface area contributed by atoms with Crippen molar-refractivity contribution in [2.75, 3.05) is 6.54 Å². The predicted molar refractivity (Wildman–Crippen MR) is 76.2 cm³/mol. The minimum Gasteiger partial charge on any atom is -0.330 e. The van der Waals surface area contributed by atoms with Crippen LogP contribution in [0.4, 0.5) is 0 Å². The molecule has 0 spiro atoms. The van der Waals surface area contributed by atoms with E-state index in [9.17, 15) is 0 Å². The highest BCUT2D eigenvalue weighted by molar-refractivity contribution is 5.28. The summed E-state index contributed by atoms with van der Waals surface area (Å²) in [5.74, 6) is 1.09. The van der Waals surface area contributed by atoms with Gasteiger partial charge in [-0.05, 0) is 36.9 Å². The molecular formula is C15H25N3. The van der Waals surface area contributed by atoms with E-state index in [1.165, 1.54) is 17.5 Å². The minimum absolute atomic E-state index is 0.330. The number of nitrogens with two attached hydrogens (primary N) is 1. The summed E-state index contributed by atoms with van der Waals surface area (Å²) in [5, 5.41) is 0. The zero-order valence-electron chi connectivity index (χ0n) is 11.6. The van der Waals surface area contributed by atoms with Crippen LogP contribution < -0.4 is 16.6 Å². The lowest BCUT2D eigenvalue weighted by Crippen LogP contribution is -2.30. The number of hydrazine groups is 1. The first-order valence-corrected chi connectivity index (χ1v) is 6.98. The molecule has 1 heterocycles. The molecule has 1 aromatic carbocycles. The summed E-state index contributed by atoms with van der Waals surface area (Å²) >= 11 is 0. The molecule has 3 heteroatoms. The van der Waals surface area contributed by atoms with Gasteiger partial charge in [0.15, 0.2) is 0 Å². The lowest BCUT2D eigenvalue weighted by Gasteiger charge is -2.20. The SMILES string of the molecule is CCC(C)c1ccc(C2NNC(C)C2CN)cc1. The Balaban J connectivity index is 2.14. The molecule has 1 aliphatic rings. The Hall–Kier alpha value is -0.900. The highest BCUT2D eigenvalue weighted by Crippen LogP contribution is 2.29. The molecule has 100 valence electrons. The standard InChI is InChI=1S/C15H25N3/c1-4-10(2)12-5-7-13(8-6-12)15-14(9-16)11(3)17-18-15/h5-8,10-11,14-15,17-18H,4,9,16H2,1-3H3. The van der Waals surface area contributed by atoms with Gasteiger partial charge in [-0.2, -0.15) is 0 Å². The summed E-state index contributed by atoms with van der Waals surface area (Å²) < 4.78 is 0. The van der Waals surface area contributed by atoms with E-state index in [1.54, 1.807) is 0 Å². The van der Waals surface area contributed by atoms with E-state index in [2.05, 4.69) is 55.9 Å². The van der Waals surface area contributed by atoms with Crippen LogP contribution in [0.25, 0.3) is 0 Å². The second-order valence-corrected chi connectivity index (χ2v) is 5.43. The lowest BCUT2D eigenvalue weighted by atomic mass is 9.89. The van der Waals surface area contributed by atoms with E-state index < -0.39 is 0 Å². The molecule has 1 aliphatic heterocycles. The molecule has 1 fully saturated rings. The molecule has 0 saturated carbocycles. The van der Waals surface area contributed by atoms with Gasteiger partial charge in [-0.3, -0.25) is 5.43 Å². The second kappa shape index (κ2) is 5.83. The number of rotatable bonds is 4. The second-order valence-electron chi connectivity index (χ2n) is 5.43. The predicted octanol–water partition coefficient (Wildman–Crippen LogP) is 2.31. The van der Waals surface area contributed by atoms with Crippen molar-refractivity contribution < 1.29 is 0 Å². The average Bonchev–Trinajstić information content (AvgIpc) is 2.79. The van der Waals surface area contributed by atoms with E-state index >= 15 is 0 Å². The van der Waals surface area contributed by atoms with Crippen LogP contribution in [0.15, 0.2) is 24.3 Å². The van der Waals surface area contributed by atoms with Crippen molar-refractivity contribution in [3.63, 3.8) is 0 Å². The molecular weight excluding hydrogens is 222 g/mol. The Kier molecular flexibility index (Phi) is 4.38. The third-order valence-electron chi connectivity index (χ3n) is 4.29. The van der Waals surface area contributed by atoms with Crippen LogP contribution >= 0.6 is 0 Å². The van der Waals surface area contributed by atoms with Gasteiger partial charge in [-0.15, -0.1) is 0 Å². The minimum atomic E-state index is 0.330. The van der Waals surface area contributed by atoms with Gasteiger partial charge >= 0.3 is 0 Å².